The van der Waals surface area contributed by atoms with Crippen LogP contribution in [0.25, 0.3) is 0 Å². The fourth-order valence-corrected chi connectivity index (χ4v) is 2.57. The van der Waals surface area contributed by atoms with Crippen molar-refractivity contribution in [2.45, 2.75) is 32.2 Å². The molecule has 1 unspecified atom stereocenters. The molecule has 2 N–H and O–H groups in total. The van der Waals surface area contributed by atoms with Crippen LogP contribution in [-0.4, -0.2) is 22.2 Å². The van der Waals surface area contributed by atoms with Gasteiger partial charge in [0, 0.05) is 36.4 Å². The number of rotatable bonds is 7. The van der Waals surface area contributed by atoms with Gasteiger partial charge in [-0.15, -0.1) is 0 Å². The summed E-state index contributed by atoms with van der Waals surface area (Å²) in [6.45, 7) is 2.71. The van der Waals surface area contributed by atoms with E-state index in [1.54, 1.807) is 6.20 Å². The third-order valence-electron chi connectivity index (χ3n) is 3.53. The van der Waals surface area contributed by atoms with Gasteiger partial charge in [-0.05, 0) is 36.6 Å². The van der Waals surface area contributed by atoms with Crippen molar-refractivity contribution >= 4 is 15.9 Å². The van der Waals surface area contributed by atoms with Crippen LogP contribution in [0.4, 0.5) is 0 Å². The zero-order valence-electron chi connectivity index (χ0n) is 12.6. The first kappa shape index (κ1) is 16.0. The number of benzene rings is 1. The van der Waals surface area contributed by atoms with Crippen molar-refractivity contribution in [1.29, 1.82) is 0 Å². The van der Waals surface area contributed by atoms with Gasteiger partial charge in [-0.2, -0.15) is 0 Å². The first-order valence-corrected chi connectivity index (χ1v) is 8.02. The molecule has 0 fully saturated rings. The van der Waals surface area contributed by atoms with Crippen LogP contribution in [0.5, 0.6) is 5.75 Å². The molecular formula is C16H22BrN3O. The molecule has 21 heavy (non-hydrogen) atoms. The van der Waals surface area contributed by atoms with Crippen LogP contribution in [0.15, 0.2) is 35.1 Å². The summed E-state index contributed by atoms with van der Waals surface area (Å²) in [5.74, 6) is 1.94. The second kappa shape index (κ2) is 7.61. The van der Waals surface area contributed by atoms with Gasteiger partial charge in [0.05, 0.1) is 6.61 Å². The van der Waals surface area contributed by atoms with E-state index in [0.29, 0.717) is 6.61 Å². The summed E-state index contributed by atoms with van der Waals surface area (Å²) in [4.78, 5) is 4.30. The Balaban J connectivity index is 2.00. The van der Waals surface area contributed by atoms with Gasteiger partial charge in [-0.1, -0.05) is 22.9 Å². The summed E-state index contributed by atoms with van der Waals surface area (Å²) in [6, 6.07) is 6.25. The third kappa shape index (κ3) is 4.58. The van der Waals surface area contributed by atoms with Crippen molar-refractivity contribution in [3.05, 3.63) is 46.5 Å². The maximum atomic E-state index is 6.07. The Bertz CT molecular complexity index is 583. The average molecular weight is 352 g/mol. The highest BCUT2D eigenvalue weighted by molar-refractivity contribution is 9.10. The molecule has 2 rings (SSSR count). The lowest BCUT2D eigenvalue weighted by Gasteiger charge is -2.15. The minimum absolute atomic E-state index is 0.163. The molecular weight excluding hydrogens is 330 g/mol. The highest BCUT2D eigenvalue weighted by atomic mass is 79.9. The monoisotopic (exact) mass is 351 g/mol. The SMILES string of the molecule is CCC(N)Cc1cc(Br)ccc1OCCc1nccn1C. The van der Waals surface area contributed by atoms with E-state index in [2.05, 4.69) is 33.9 Å². The molecule has 0 aliphatic carbocycles. The average Bonchev–Trinajstić information content (AvgIpc) is 2.86. The van der Waals surface area contributed by atoms with Crippen LogP contribution in [0.2, 0.25) is 0 Å². The molecule has 0 spiro atoms. The van der Waals surface area contributed by atoms with Gasteiger partial charge in [0.2, 0.25) is 0 Å². The van der Waals surface area contributed by atoms with Crippen LogP contribution < -0.4 is 10.5 Å². The summed E-state index contributed by atoms with van der Waals surface area (Å²) >= 11 is 3.51. The highest BCUT2D eigenvalue weighted by Crippen LogP contribution is 2.25. The standard InChI is InChI=1S/C16H22BrN3O/c1-3-14(18)11-12-10-13(17)4-5-15(12)21-9-6-16-19-7-8-20(16)2/h4-5,7-8,10,14H,3,6,9,11,18H2,1-2H3. The largest absolute Gasteiger partial charge is 0.493 e. The minimum Gasteiger partial charge on any atom is -0.493 e. The van der Waals surface area contributed by atoms with Gasteiger partial charge >= 0.3 is 0 Å². The lowest BCUT2D eigenvalue weighted by Crippen LogP contribution is -2.22. The lowest BCUT2D eigenvalue weighted by atomic mass is 10.0. The van der Waals surface area contributed by atoms with Crippen molar-refractivity contribution in [3.63, 3.8) is 0 Å². The van der Waals surface area contributed by atoms with Gasteiger partial charge in [0.15, 0.2) is 0 Å². The van der Waals surface area contributed by atoms with Gasteiger partial charge in [0.25, 0.3) is 0 Å². The number of aromatic nitrogens is 2. The number of nitrogens with two attached hydrogens (primary N) is 1. The molecule has 1 atom stereocenters. The molecule has 0 radical (unpaired) electrons. The van der Waals surface area contributed by atoms with Crippen molar-refractivity contribution in [2.24, 2.45) is 12.8 Å². The Morgan fingerprint density at radius 1 is 1.43 bits per heavy atom. The normalized spacial score (nSPS) is 12.4. The molecule has 0 amide bonds. The fraction of sp³-hybridized carbons (Fsp3) is 0.438. The van der Waals surface area contributed by atoms with Gasteiger partial charge < -0.3 is 15.0 Å². The molecule has 1 aromatic heterocycles. The topological polar surface area (TPSA) is 53.1 Å². The highest BCUT2D eigenvalue weighted by Gasteiger charge is 2.09. The van der Waals surface area contributed by atoms with E-state index >= 15 is 0 Å². The van der Waals surface area contributed by atoms with Gasteiger partial charge in [0.1, 0.15) is 11.6 Å². The van der Waals surface area contributed by atoms with Crippen LogP contribution in [-0.2, 0) is 19.9 Å². The quantitative estimate of drug-likeness (QED) is 0.833. The minimum atomic E-state index is 0.163. The van der Waals surface area contributed by atoms with Gasteiger partial charge in [-0.25, -0.2) is 4.98 Å². The van der Waals surface area contributed by atoms with Crippen molar-refractivity contribution in [2.75, 3.05) is 6.61 Å². The molecule has 0 aliphatic rings. The molecule has 0 aliphatic heterocycles. The number of hydrogen-bond donors (Lipinski definition) is 1. The maximum Gasteiger partial charge on any atom is 0.122 e. The first-order valence-electron chi connectivity index (χ1n) is 7.23. The first-order chi connectivity index (χ1) is 10.1. The second-order valence-electron chi connectivity index (χ2n) is 5.18. The molecule has 0 bridgehead atoms. The molecule has 0 saturated heterocycles. The molecule has 1 aromatic carbocycles. The number of imidazole rings is 1. The van der Waals surface area contributed by atoms with Crippen LogP contribution >= 0.6 is 15.9 Å². The number of hydrogen-bond acceptors (Lipinski definition) is 3. The molecule has 5 heteroatoms. The molecule has 0 saturated carbocycles. The number of nitrogens with zero attached hydrogens (tertiary/aromatic N) is 2. The van der Waals surface area contributed by atoms with Crippen molar-refractivity contribution < 1.29 is 4.74 Å². The number of aryl methyl sites for hydroxylation is 1. The zero-order chi connectivity index (χ0) is 15.2. The summed E-state index contributed by atoms with van der Waals surface area (Å²) in [5.41, 5.74) is 7.22. The Labute approximate surface area is 134 Å². The van der Waals surface area contributed by atoms with E-state index in [0.717, 1.165) is 40.9 Å². The summed E-state index contributed by atoms with van der Waals surface area (Å²) in [7, 11) is 1.99. The van der Waals surface area contributed by atoms with E-state index in [1.807, 2.05) is 29.9 Å². The smallest absolute Gasteiger partial charge is 0.122 e. The van der Waals surface area contributed by atoms with Gasteiger partial charge in [-0.3, -0.25) is 0 Å². The van der Waals surface area contributed by atoms with Crippen LogP contribution in [0.1, 0.15) is 24.7 Å². The van der Waals surface area contributed by atoms with Crippen LogP contribution in [0, 0.1) is 0 Å². The summed E-state index contributed by atoms with van der Waals surface area (Å²) in [5, 5.41) is 0. The number of halogens is 1. The molecule has 114 valence electrons. The lowest BCUT2D eigenvalue weighted by molar-refractivity contribution is 0.313. The van der Waals surface area contributed by atoms with Crippen molar-refractivity contribution in [1.82, 2.24) is 9.55 Å². The van der Waals surface area contributed by atoms with E-state index < -0.39 is 0 Å². The summed E-state index contributed by atoms with van der Waals surface area (Å²) in [6.07, 6.45) is 6.33. The molecule has 2 aromatic rings. The Morgan fingerprint density at radius 3 is 2.90 bits per heavy atom. The predicted molar refractivity (Wildman–Crippen MR) is 88.5 cm³/mol. The second-order valence-corrected chi connectivity index (χ2v) is 6.09. The Kier molecular flexibility index (Phi) is 5.82. The Hall–Kier alpha value is -1.33. The maximum absolute atomic E-state index is 6.07. The van der Waals surface area contributed by atoms with E-state index in [-0.39, 0.29) is 6.04 Å². The third-order valence-corrected chi connectivity index (χ3v) is 4.03. The molecule has 4 nitrogen and oxygen atoms in total. The molecule has 1 heterocycles. The van der Waals surface area contributed by atoms with Crippen molar-refractivity contribution in [3.8, 4) is 5.75 Å². The zero-order valence-corrected chi connectivity index (χ0v) is 14.1. The van der Waals surface area contributed by atoms with E-state index in [4.69, 9.17) is 10.5 Å². The van der Waals surface area contributed by atoms with E-state index in [9.17, 15) is 0 Å². The number of ether oxygens (including phenoxy) is 1. The van der Waals surface area contributed by atoms with E-state index in [1.165, 1.54) is 0 Å². The summed E-state index contributed by atoms with van der Waals surface area (Å²) < 4.78 is 9.00. The Morgan fingerprint density at radius 2 is 2.24 bits per heavy atom. The van der Waals surface area contributed by atoms with Crippen LogP contribution in [0.3, 0.4) is 0 Å². The predicted octanol–water partition coefficient (Wildman–Crippen LogP) is 3.08. The fourth-order valence-electron chi connectivity index (χ4n) is 2.16.